The summed E-state index contributed by atoms with van der Waals surface area (Å²) >= 11 is -0.689. The van der Waals surface area contributed by atoms with Crippen molar-refractivity contribution in [1.82, 2.24) is 0 Å². The molecule has 520 valence electrons. The van der Waals surface area contributed by atoms with Gasteiger partial charge in [0.05, 0.1) is 0 Å². The van der Waals surface area contributed by atoms with E-state index in [0.29, 0.717) is 24.4 Å². The van der Waals surface area contributed by atoms with Crippen molar-refractivity contribution in [3.63, 3.8) is 0 Å². The van der Waals surface area contributed by atoms with Gasteiger partial charge in [-0.3, -0.25) is 9.59 Å². The van der Waals surface area contributed by atoms with Crippen molar-refractivity contribution >= 4 is 39.6 Å². The van der Waals surface area contributed by atoms with Gasteiger partial charge < -0.3 is 8.83 Å². The zero-order valence-corrected chi connectivity index (χ0v) is 54.2. The van der Waals surface area contributed by atoms with Crippen LogP contribution < -0.4 is 43.1 Å². The van der Waals surface area contributed by atoms with E-state index in [4.69, 9.17) is 8.83 Å². The summed E-state index contributed by atoms with van der Waals surface area (Å²) in [4.78, 5) is 25.3. The van der Waals surface area contributed by atoms with Gasteiger partial charge in [0, 0.05) is 25.0 Å². The lowest BCUT2D eigenvalue weighted by Gasteiger charge is -2.44. The molecule has 0 unspecified atom stereocenters. The maximum Gasteiger partial charge on any atom is 0.443 e. The first kappa shape index (κ1) is 78.9. The highest BCUT2D eigenvalue weighted by atomic mass is 127. The van der Waals surface area contributed by atoms with Gasteiger partial charge >= 0.3 is 28.7 Å². The SMILES string of the molecule is CCCCCCCCCCCCCCCCCC(=O)c1ccc([I+]c2ccc(C(=O)CCCCCCCCCCCCCCCCC)o2)o1.Fc1c(F)c(F)c([B-](c2c(F)c(F)c(F)c(F)c2F)(c2c(F)c(F)c(F)c(F)c2F)c2c(F)c(F)c(F)c(F)c2F)c(F)c1F. The first-order valence-corrected chi connectivity index (χ1v) is 34.1. The number of unbranched alkanes of at least 4 members (excludes halogenated alkanes) is 28. The number of Topliss-reactive ketones (excluding diaryl/α,β-unsaturated/α-hetero) is 2. The van der Waals surface area contributed by atoms with E-state index < -0.39 is 166 Å². The van der Waals surface area contributed by atoms with Crippen molar-refractivity contribution < 1.29 is 127 Å². The highest BCUT2D eigenvalue weighted by molar-refractivity contribution is 7.20. The van der Waals surface area contributed by atoms with E-state index >= 15 is 35.1 Å². The molecule has 0 aliphatic rings. The average Bonchev–Trinajstić information content (AvgIpc) is 0.774. The molecule has 0 spiro atoms. The summed E-state index contributed by atoms with van der Waals surface area (Å²) in [5.41, 5.74) is -14.3. The molecular formula is C68H74BF20IO4. The van der Waals surface area contributed by atoms with Crippen molar-refractivity contribution in [2.45, 2.75) is 219 Å². The number of hydrogen-bond donors (Lipinski definition) is 0. The lowest BCUT2D eigenvalue weighted by atomic mass is 9.12. The van der Waals surface area contributed by atoms with Crippen molar-refractivity contribution in [1.29, 1.82) is 0 Å². The summed E-state index contributed by atoms with van der Waals surface area (Å²) in [6, 6.07) is 7.45. The third-order valence-electron chi connectivity index (χ3n) is 16.6. The Labute approximate surface area is 543 Å². The Hall–Kier alpha value is -5.83. The van der Waals surface area contributed by atoms with Gasteiger partial charge in [0.15, 0.2) is 92.9 Å². The fourth-order valence-corrected chi connectivity index (χ4v) is 13.5. The molecule has 4 aromatic carbocycles. The largest absolute Gasteiger partial charge is 0.443 e. The zero-order chi connectivity index (χ0) is 69.4. The summed E-state index contributed by atoms with van der Waals surface area (Å²) < 4.78 is 307. The van der Waals surface area contributed by atoms with Crippen LogP contribution in [0.4, 0.5) is 87.8 Å². The second-order valence-corrected chi connectivity index (χ2v) is 26.0. The molecule has 0 fully saturated rings. The number of ketones is 2. The van der Waals surface area contributed by atoms with Crippen LogP contribution in [0.3, 0.4) is 0 Å². The maximum absolute atomic E-state index is 15.4. The van der Waals surface area contributed by atoms with Gasteiger partial charge in [0.2, 0.25) is 0 Å². The van der Waals surface area contributed by atoms with Gasteiger partial charge in [0.1, 0.15) is 52.7 Å². The summed E-state index contributed by atoms with van der Waals surface area (Å²) in [6.07, 6.45) is 33.6. The monoisotopic (exact) mass is 1470 g/mol. The molecule has 2 aromatic heterocycles. The number of rotatable bonds is 40. The molecule has 0 N–H and O–H groups in total. The molecule has 0 saturated carbocycles. The van der Waals surface area contributed by atoms with Gasteiger partial charge in [-0.25, -0.2) is 87.8 Å². The fraction of sp³-hybridized carbons (Fsp3) is 0.500. The van der Waals surface area contributed by atoms with Crippen LogP contribution in [-0.4, -0.2) is 17.7 Å². The Bertz CT molecular complexity index is 3000. The lowest BCUT2D eigenvalue weighted by molar-refractivity contribution is -0.636. The molecule has 94 heavy (non-hydrogen) atoms. The van der Waals surface area contributed by atoms with E-state index in [2.05, 4.69) is 13.8 Å². The molecule has 2 heterocycles. The number of carbonyl (C=O) groups is 2. The fourth-order valence-electron chi connectivity index (χ4n) is 11.6. The zero-order valence-electron chi connectivity index (χ0n) is 52.1. The van der Waals surface area contributed by atoms with Gasteiger partial charge in [-0.15, -0.1) is 21.9 Å². The van der Waals surface area contributed by atoms with Crippen LogP contribution in [0.2, 0.25) is 0 Å². The second kappa shape index (κ2) is 38.8. The standard InChI is InChI=1S/C44H74IO4.C24BF20/c1-3-5-7-9-11-13-15-17-19-21-23-25-27-29-31-33-39(46)41-35-37-43(48-41)45-44-38-36-42(49-44)40(47)34-32-30-28-26-24-22-20-18-16-14-12-10-8-6-4-2;26-5-1(6(27)14(35)21(42)13(5)34)25(2-7(28)15(36)22(43)16(37)8(2)29,3-9(30)17(38)23(44)18(39)10(3)31)4-11(32)19(40)24(45)20(41)12(4)33/h35-38H,3-34H2,1-2H3;/q+1;-1. The molecule has 4 nitrogen and oxygen atoms in total. The Kier molecular flexibility index (Phi) is 32.6. The second-order valence-electron chi connectivity index (χ2n) is 23.3. The van der Waals surface area contributed by atoms with E-state index in [0.717, 1.165) is 33.2 Å². The van der Waals surface area contributed by atoms with E-state index in [9.17, 15) is 62.3 Å². The van der Waals surface area contributed by atoms with Crippen LogP contribution >= 0.6 is 0 Å². The summed E-state index contributed by atoms with van der Waals surface area (Å²) in [5.74, 6) is -70.3. The van der Waals surface area contributed by atoms with E-state index in [-0.39, 0.29) is 11.6 Å². The highest BCUT2D eigenvalue weighted by Gasteiger charge is 2.52. The number of furan rings is 2. The maximum atomic E-state index is 15.4. The summed E-state index contributed by atoms with van der Waals surface area (Å²) in [5, 5.41) is 0. The number of hydrogen-bond acceptors (Lipinski definition) is 4. The van der Waals surface area contributed by atoms with Gasteiger partial charge in [-0.1, -0.05) is 194 Å². The quantitative estimate of drug-likeness (QED) is 0.00732. The minimum atomic E-state index is -7.22. The van der Waals surface area contributed by atoms with E-state index in [1.807, 2.05) is 24.3 Å². The molecule has 0 atom stereocenters. The Morgan fingerprint density at radius 1 is 0.266 bits per heavy atom. The summed E-state index contributed by atoms with van der Waals surface area (Å²) in [7, 11) is 0. The van der Waals surface area contributed by atoms with Crippen LogP contribution in [0.5, 0.6) is 0 Å². The molecule has 26 heteroatoms. The third kappa shape index (κ3) is 19.7. The minimum absolute atomic E-state index is 0.101. The Morgan fingerprint density at radius 3 is 0.628 bits per heavy atom. The molecule has 0 bridgehead atoms. The highest BCUT2D eigenvalue weighted by Crippen LogP contribution is 2.31. The van der Waals surface area contributed by atoms with Gasteiger partial charge in [-0.05, 0) is 25.0 Å². The Balaban J connectivity index is 0.000000341. The van der Waals surface area contributed by atoms with Crippen molar-refractivity contribution in [3.8, 4) is 0 Å². The molecule has 0 aliphatic heterocycles. The summed E-state index contributed by atoms with van der Waals surface area (Å²) in [6.45, 7) is 4.56. The normalized spacial score (nSPS) is 11.7. The molecule has 0 radical (unpaired) electrons. The van der Waals surface area contributed by atoms with Crippen LogP contribution in [0.25, 0.3) is 0 Å². The number of halogens is 21. The number of benzene rings is 4. The van der Waals surface area contributed by atoms with E-state index in [1.165, 1.54) is 167 Å². The van der Waals surface area contributed by atoms with Crippen molar-refractivity contribution in [3.05, 3.63) is 160 Å². The molecule has 0 saturated heterocycles. The third-order valence-corrected chi connectivity index (χ3v) is 18.8. The van der Waals surface area contributed by atoms with E-state index in [1.54, 1.807) is 0 Å². The first-order valence-electron chi connectivity index (χ1n) is 32.0. The molecule has 6 rings (SSSR count). The van der Waals surface area contributed by atoms with Crippen LogP contribution in [0, 0.1) is 124 Å². The minimum Gasteiger partial charge on any atom is -0.415 e. The van der Waals surface area contributed by atoms with Crippen molar-refractivity contribution in [2.75, 3.05) is 0 Å². The topological polar surface area (TPSA) is 60.4 Å². The molecule has 6 aromatic rings. The first-order chi connectivity index (χ1) is 44.8. The molecular weight excluding hydrogens is 1400 g/mol. The van der Waals surface area contributed by atoms with Crippen LogP contribution in [-0.2, 0) is 0 Å². The number of carbonyl (C=O) groups excluding carboxylic acids is 2. The lowest BCUT2D eigenvalue weighted by Crippen LogP contribution is -3.61. The smallest absolute Gasteiger partial charge is 0.415 e. The average molecular weight is 1470 g/mol. The Morgan fingerprint density at radius 2 is 0.436 bits per heavy atom. The molecule has 0 amide bonds. The van der Waals surface area contributed by atoms with Gasteiger partial charge in [-0.2, -0.15) is 0 Å². The van der Waals surface area contributed by atoms with Gasteiger partial charge in [0.25, 0.3) is 0 Å². The van der Waals surface area contributed by atoms with Crippen LogP contribution in [0.1, 0.15) is 240 Å². The predicted molar refractivity (Wildman–Crippen MR) is 312 cm³/mol. The predicted octanol–water partition coefficient (Wildman–Crippen LogP) is 17.7. The van der Waals surface area contributed by atoms with Crippen molar-refractivity contribution in [2.24, 2.45) is 0 Å². The van der Waals surface area contributed by atoms with Crippen LogP contribution in [0.15, 0.2) is 33.1 Å². The molecule has 0 aliphatic carbocycles.